The second-order valence-electron chi connectivity index (χ2n) is 6.38. The molecular weight excluding hydrogens is 375 g/mol. The third-order valence-corrected chi connectivity index (χ3v) is 4.53. The number of carbonyl (C=O) groups is 2. The van der Waals surface area contributed by atoms with Crippen LogP contribution in [0.4, 0.5) is 19.0 Å². The number of anilines is 1. The molecule has 0 bridgehead atoms. The summed E-state index contributed by atoms with van der Waals surface area (Å²) in [6.07, 6.45) is -0.952. The summed E-state index contributed by atoms with van der Waals surface area (Å²) in [5.41, 5.74) is 4.18. The number of nitrogens with one attached hydrogen (secondary N) is 3. The van der Waals surface area contributed by atoms with Crippen LogP contribution in [-0.2, 0) is 11.0 Å². The van der Waals surface area contributed by atoms with Gasteiger partial charge in [-0.2, -0.15) is 13.2 Å². The molecule has 0 spiro atoms. The maximum atomic E-state index is 12.6. The number of amides is 2. The number of halogens is 3. The lowest BCUT2D eigenvalue weighted by Crippen LogP contribution is -2.48. The molecule has 3 rings (SSSR count). The monoisotopic (exact) mass is 394 g/mol. The highest BCUT2D eigenvalue weighted by atomic mass is 19.4. The first kappa shape index (κ1) is 19.6. The number of hydrazine groups is 1. The van der Waals surface area contributed by atoms with E-state index in [9.17, 15) is 22.8 Å². The summed E-state index contributed by atoms with van der Waals surface area (Å²) >= 11 is 0. The average Bonchev–Trinajstić information content (AvgIpc) is 2.72. The Bertz CT molecular complexity index is 819. The smallest absolute Gasteiger partial charge is 0.273 e. The number of hydrogen-bond donors (Lipinski definition) is 2. The quantitative estimate of drug-likeness (QED) is 0.774. The van der Waals surface area contributed by atoms with Crippen molar-refractivity contribution in [3.8, 4) is 0 Å². The summed E-state index contributed by atoms with van der Waals surface area (Å²) in [7, 11) is 0. The molecule has 3 N–H and O–H groups in total. The van der Waals surface area contributed by atoms with Crippen LogP contribution in [0.3, 0.4) is 0 Å². The van der Waals surface area contributed by atoms with Crippen molar-refractivity contribution >= 4 is 17.6 Å². The number of hydrogen-bond acceptors (Lipinski definition) is 4. The summed E-state index contributed by atoms with van der Waals surface area (Å²) in [6, 6.07) is 7.28. The first-order valence-electron chi connectivity index (χ1n) is 8.69. The second kappa shape index (κ2) is 8.24. The molecule has 0 saturated carbocycles. The van der Waals surface area contributed by atoms with Gasteiger partial charge in [-0.1, -0.05) is 6.07 Å². The molecule has 0 unspecified atom stereocenters. The summed E-state index contributed by atoms with van der Waals surface area (Å²) < 4.78 is 37.9. The maximum Gasteiger partial charge on any atom is 0.419 e. The van der Waals surface area contributed by atoms with Crippen molar-refractivity contribution in [1.29, 1.82) is 0 Å². The highest BCUT2D eigenvalue weighted by molar-refractivity contribution is 5.93. The Balaban J connectivity index is 1.48. The molecule has 148 valence electrons. The van der Waals surface area contributed by atoms with Gasteiger partial charge in [0.15, 0.2) is 0 Å². The van der Waals surface area contributed by atoms with E-state index in [1.54, 1.807) is 12.1 Å². The highest BCUT2D eigenvalue weighted by Gasteiger charge is 2.33. The summed E-state index contributed by atoms with van der Waals surface area (Å²) in [5, 5.41) is 0. The number of aromatic amines is 1. The van der Waals surface area contributed by atoms with Crippen molar-refractivity contribution in [3.63, 3.8) is 0 Å². The fraction of sp³-hybridized carbons (Fsp3) is 0.333. The van der Waals surface area contributed by atoms with E-state index in [2.05, 4.69) is 20.8 Å². The van der Waals surface area contributed by atoms with E-state index < -0.39 is 17.6 Å². The molecule has 7 nitrogen and oxygen atoms in total. The van der Waals surface area contributed by atoms with E-state index in [0.29, 0.717) is 31.7 Å². The Morgan fingerprint density at radius 2 is 1.86 bits per heavy atom. The molecule has 2 aromatic rings. The summed E-state index contributed by atoms with van der Waals surface area (Å²) in [5.74, 6) is -0.545. The van der Waals surface area contributed by atoms with Crippen molar-refractivity contribution in [2.45, 2.75) is 19.0 Å². The van der Waals surface area contributed by atoms with Gasteiger partial charge in [0.25, 0.3) is 11.7 Å². The zero-order valence-electron chi connectivity index (χ0n) is 14.8. The van der Waals surface area contributed by atoms with E-state index in [1.807, 2.05) is 4.90 Å². The number of piperidine rings is 1. The van der Waals surface area contributed by atoms with Gasteiger partial charge in [-0.25, -0.2) is 4.98 Å². The molecule has 2 aromatic heterocycles. The number of carbonyl (C=O) groups excluding carboxylic acids is 2. The number of aromatic nitrogens is 2. The minimum absolute atomic E-state index is 0.190. The Morgan fingerprint density at radius 3 is 2.43 bits per heavy atom. The van der Waals surface area contributed by atoms with E-state index in [4.69, 9.17) is 0 Å². The van der Waals surface area contributed by atoms with Gasteiger partial charge in [0.1, 0.15) is 11.9 Å². The highest BCUT2D eigenvalue weighted by Crippen LogP contribution is 2.29. The lowest BCUT2D eigenvalue weighted by Gasteiger charge is -2.27. The van der Waals surface area contributed by atoms with Crippen LogP contribution in [0, 0.1) is 5.92 Å². The SMILES string of the molecule is O=C(NNC(=O)C1CCN(c2ccc(C(F)(F)F)c[nH+]2)CC1)c1ccccn1. The van der Waals surface area contributed by atoms with Crippen molar-refractivity contribution in [3.05, 3.63) is 54.0 Å². The minimum atomic E-state index is -4.39. The van der Waals surface area contributed by atoms with Gasteiger partial charge < -0.3 is 0 Å². The van der Waals surface area contributed by atoms with Gasteiger partial charge >= 0.3 is 6.18 Å². The van der Waals surface area contributed by atoms with Crippen LogP contribution in [0.5, 0.6) is 0 Å². The molecule has 0 aromatic carbocycles. The molecule has 1 saturated heterocycles. The van der Waals surface area contributed by atoms with Crippen LogP contribution >= 0.6 is 0 Å². The van der Waals surface area contributed by atoms with Gasteiger partial charge in [-0.15, -0.1) is 0 Å². The average molecular weight is 394 g/mol. The van der Waals surface area contributed by atoms with Crippen LogP contribution in [-0.4, -0.2) is 29.9 Å². The number of pyridine rings is 2. The van der Waals surface area contributed by atoms with Crippen LogP contribution in [0.15, 0.2) is 42.7 Å². The van der Waals surface area contributed by atoms with E-state index >= 15 is 0 Å². The van der Waals surface area contributed by atoms with Crippen LogP contribution < -0.4 is 20.7 Å². The molecule has 10 heteroatoms. The molecule has 1 aliphatic rings. The molecule has 3 heterocycles. The first-order valence-corrected chi connectivity index (χ1v) is 8.69. The number of nitrogens with zero attached hydrogens (tertiary/aromatic N) is 2. The van der Waals surface area contributed by atoms with Crippen LogP contribution in [0.2, 0.25) is 0 Å². The molecule has 1 aliphatic heterocycles. The van der Waals surface area contributed by atoms with Crippen molar-refractivity contribution in [2.75, 3.05) is 18.0 Å². The Morgan fingerprint density at radius 1 is 1.11 bits per heavy atom. The number of rotatable bonds is 3. The normalized spacial score (nSPS) is 15.2. The van der Waals surface area contributed by atoms with E-state index in [1.165, 1.54) is 18.3 Å². The number of alkyl halides is 3. The molecule has 28 heavy (non-hydrogen) atoms. The third-order valence-electron chi connectivity index (χ3n) is 4.53. The van der Waals surface area contributed by atoms with Crippen molar-refractivity contribution in [2.24, 2.45) is 5.92 Å². The Hall–Kier alpha value is -3.17. The Labute approximate surface area is 158 Å². The lowest BCUT2D eigenvalue weighted by molar-refractivity contribution is -0.367. The topological polar surface area (TPSA) is 88.5 Å². The predicted molar refractivity (Wildman–Crippen MR) is 92.8 cm³/mol. The minimum Gasteiger partial charge on any atom is -0.273 e. The van der Waals surface area contributed by atoms with Crippen LogP contribution in [0.1, 0.15) is 28.9 Å². The van der Waals surface area contributed by atoms with Gasteiger partial charge in [0, 0.05) is 18.2 Å². The van der Waals surface area contributed by atoms with Crippen LogP contribution in [0.25, 0.3) is 0 Å². The molecule has 0 atom stereocenters. The summed E-state index contributed by atoms with van der Waals surface area (Å²) in [4.78, 5) is 32.6. The molecule has 0 radical (unpaired) electrons. The molecule has 1 fully saturated rings. The second-order valence-corrected chi connectivity index (χ2v) is 6.38. The largest absolute Gasteiger partial charge is 0.419 e. The zero-order valence-corrected chi connectivity index (χ0v) is 14.8. The maximum absolute atomic E-state index is 12.6. The van der Waals surface area contributed by atoms with Crippen molar-refractivity contribution < 1.29 is 27.7 Å². The molecule has 0 aliphatic carbocycles. The van der Waals surface area contributed by atoms with Gasteiger partial charge in [0.2, 0.25) is 5.91 Å². The van der Waals surface area contributed by atoms with Gasteiger partial charge in [-0.3, -0.25) is 30.3 Å². The first-order chi connectivity index (χ1) is 13.3. The lowest BCUT2D eigenvalue weighted by atomic mass is 9.96. The van der Waals surface area contributed by atoms with Crippen molar-refractivity contribution in [1.82, 2.24) is 15.8 Å². The summed E-state index contributed by atoms with van der Waals surface area (Å²) in [6.45, 7) is 1.02. The van der Waals surface area contributed by atoms with E-state index in [0.717, 1.165) is 12.3 Å². The van der Waals surface area contributed by atoms with E-state index in [-0.39, 0.29) is 17.5 Å². The number of H-pyrrole nitrogens is 1. The third kappa shape index (κ3) is 4.76. The Kier molecular flexibility index (Phi) is 5.76. The molecule has 2 amide bonds. The predicted octanol–water partition coefficient (Wildman–Crippen LogP) is 1.59. The fourth-order valence-electron chi connectivity index (χ4n) is 2.95. The standard InChI is InChI=1S/C18H18F3N5O2/c19-18(20,21)13-4-5-15(23-11-13)26-9-6-12(7-10-26)16(27)24-25-17(28)14-3-1-2-8-22-14/h1-5,8,11-12H,6-7,9-10H2,(H,24,27)(H,25,28)/p+1. The fourth-order valence-corrected chi connectivity index (χ4v) is 2.95. The van der Waals surface area contributed by atoms with Gasteiger partial charge in [0.05, 0.1) is 18.7 Å². The van der Waals surface area contributed by atoms with Gasteiger partial charge in [-0.05, 0) is 31.0 Å². The molecular formula is C18H19F3N5O2+. The zero-order chi connectivity index (χ0) is 20.1.